The summed E-state index contributed by atoms with van der Waals surface area (Å²) in [5.74, 6) is -0.127. The van der Waals surface area contributed by atoms with E-state index < -0.39 is 0 Å². The standard InChI is InChI=1S/C15H13N3O3S/c19-13(17-18-15(20)12-6-3-9-22-12)7-8-14-16-10-4-1-2-5-11(10)21-14/h1-6,9H,7-8H2,(H,17,19)(H,18,20). The highest BCUT2D eigenvalue weighted by Gasteiger charge is 2.10. The molecule has 0 aliphatic carbocycles. The number of thiophene rings is 1. The van der Waals surface area contributed by atoms with Gasteiger partial charge >= 0.3 is 0 Å². The highest BCUT2D eigenvalue weighted by molar-refractivity contribution is 7.12. The Labute approximate surface area is 130 Å². The average Bonchev–Trinajstić information content (AvgIpc) is 3.19. The average molecular weight is 315 g/mol. The second-order valence-corrected chi connectivity index (χ2v) is 5.50. The minimum Gasteiger partial charge on any atom is -0.441 e. The number of oxazole rings is 1. The molecule has 0 atom stereocenters. The summed E-state index contributed by atoms with van der Waals surface area (Å²) in [6.07, 6.45) is 0.549. The predicted octanol–water partition coefficient (Wildman–Crippen LogP) is 2.28. The third-order valence-corrected chi connectivity index (χ3v) is 3.83. The van der Waals surface area contributed by atoms with Gasteiger partial charge in [0.25, 0.3) is 5.91 Å². The van der Waals surface area contributed by atoms with Crippen LogP contribution in [0.3, 0.4) is 0 Å². The van der Waals surface area contributed by atoms with Gasteiger partial charge in [-0.2, -0.15) is 0 Å². The van der Waals surface area contributed by atoms with Gasteiger partial charge in [0.2, 0.25) is 5.91 Å². The third kappa shape index (κ3) is 3.32. The van der Waals surface area contributed by atoms with E-state index in [1.165, 1.54) is 11.3 Å². The Morgan fingerprint density at radius 3 is 2.77 bits per heavy atom. The van der Waals surface area contributed by atoms with Crippen LogP contribution in [0.1, 0.15) is 22.0 Å². The van der Waals surface area contributed by atoms with Crippen LogP contribution in [0.25, 0.3) is 11.1 Å². The van der Waals surface area contributed by atoms with Gasteiger partial charge in [0, 0.05) is 12.8 Å². The van der Waals surface area contributed by atoms with E-state index in [9.17, 15) is 9.59 Å². The Bertz CT molecular complexity index is 762. The first kappa shape index (κ1) is 14.3. The summed E-state index contributed by atoms with van der Waals surface area (Å²) in [6, 6.07) is 10.9. The Kier molecular flexibility index (Phi) is 4.15. The molecule has 0 aliphatic rings. The maximum absolute atomic E-state index is 11.7. The number of carbonyl (C=O) groups excluding carboxylic acids is 2. The Balaban J connectivity index is 1.49. The molecule has 2 amide bonds. The molecule has 0 unspecified atom stereocenters. The first-order valence-corrected chi connectivity index (χ1v) is 7.57. The molecule has 0 bridgehead atoms. The lowest BCUT2D eigenvalue weighted by Crippen LogP contribution is -2.41. The molecule has 22 heavy (non-hydrogen) atoms. The normalized spacial score (nSPS) is 10.5. The number of aromatic nitrogens is 1. The van der Waals surface area contributed by atoms with Crippen molar-refractivity contribution in [3.05, 3.63) is 52.5 Å². The maximum atomic E-state index is 11.7. The van der Waals surface area contributed by atoms with Crippen LogP contribution in [0.5, 0.6) is 0 Å². The molecular weight excluding hydrogens is 302 g/mol. The Morgan fingerprint density at radius 1 is 1.14 bits per heavy atom. The molecule has 3 rings (SSSR count). The lowest BCUT2D eigenvalue weighted by atomic mass is 10.3. The van der Waals surface area contributed by atoms with Crippen molar-refractivity contribution in [1.82, 2.24) is 15.8 Å². The highest BCUT2D eigenvalue weighted by atomic mass is 32.1. The fraction of sp³-hybridized carbons (Fsp3) is 0.133. The van der Waals surface area contributed by atoms with Gasteiger partial charge in [-0.15, -0.1) is 11.3 Å². The van der Waals surface area contributed by atoms with E-state index in [0.29, 0.717) is 22.8 Å². The summed E-state index contributed by atoms with van der Waals surface area (Å²) < 4.78 is 5.53. The minimum atomic E-state index is -0.329. The van der Waals surface area contributed by atoms with Crippen LogP contribution in [0.4, 0.5) is 0 Å². The molecule has 2 N–H and O–H groups in total. The predicted molar refractivity (Wildman–Crippen MR) is 82.3 cm³/mol. The van der Waals surface area contributed by atoms with Crippen LogP contribution in [0, 0.1) is 0 Å². The van der Waals surface area contributed by atoms with E-state index in [2.05, 4.69) is 15.8 Å². The Hall–Kier alpha value is -2.67. The quantitative estimate of drug-likeness (QED) is 0.723. The topological polar surface area (TPSA) is 84.2 Å². The van der Waals surface area contributed by atoms with Crippen molar-refractivity contribution in [1.29, 1.82) is 0 Å². The number of hydrazine groups is 1. The van der Waals surface area contributed by atoms with E-state index in [-0.39, 0.29) is 18.2 Å². The molecule has 3 aromatic rings. The summed E-state index contributed by atoms with van der Waals surface area (Å²) in [6.45, 7) is 0. The van der Waals surface area contributed by atoms with Crippen molar-refractivity contribution < 1.29 is 14.0 Å². The fourth-order valence-corrected chi connectivity index (χ4v) is 2.52. The Morgan fingerprint density at radius 2 is 2.00 bits per heavy atom. The molecule has 0 radical (unpaired) electrons. The number of benzene rings is 1. The summed E-state index contributed by atoms with van der Waals surface area (Å²) in [5, 5.41) is 1.80. The van der Waals surface area contributed by atoms with E-state index in [1.54, 1.807) is 17.5 Å². The SMILES string of the molecule is O=C(CCc1nc2ccccc2o1)NNC(=O)c1cccs1. The lowest BCUT2D eigenvalue weighted by Gasteiger charge is -2.05. The maximum Gasteiger partial charge on any atom is 0.279 e. The van der Waals surface area contributed by atoms with Crippen LogP contribution in [0.2, 0.25) is 0 Å². The van der Waals surface area contributed by atoms with Crippen LogP contribution in [-0.2, 0) is 11.2 Å². The van der Waals surface area contributed by atoms with Gasteiger partial charge in [-0.05, 0) is 23.6 Å². The van der Waals surface area contributed by atoms with Gasteiger partial charge < -0.3 is 4.42 Å². The van der Waals surface area contributed by atoms with Crippen LogP contribution >= 0.6 is 11.3 Å². The third-order valence-electron chi connectivity index (χ3n) is 2.96. The van der Waals surface area contributed by atoms with Crippen molar-refractivity contribution in [2.45, 2.75) is 12.8 Å². The number of hydrogen-bond donors (Lipinski definition) is 2. The number of para-hydroxylation sites is 2. The monoisotopic (exact) mass is 315 g/mol. The van der Waals surface area contributed by atoms with E-state index in [1.807, 2.05) is 24.3 Å². The number of nitrogens with zero attached hydrogens (tertiary/aromatic N) is 1. The van der Waals surface area contributed by atoms with Crippen molar-refractivity contribution in [2.24, 2.45) is 0 Å². The van der Waals surface area contributed by atoms with E-state index in [0.717, 1.165) is 5.52 Å². The number of aryl methyl sites for hydroxylation is 1. The molecular formula is C15H13N3O3S. The molecule has 2 heterocycles. The molecule has 2 aromatic heterocycles. The lowest BCUT2D eigenvalue weighted by molar-refractivity contribution is -0.121. The van der Waals surface area contributed by atoms with Crippen molar-refractivity contribution in [2.75, 3.05) is 0 Å². The summed E-state index contributed by atoms with van der Waals surface area (Å²) in [4.78, 5) is 28.2. The number of amides is 2. The first-order chi connectivity index (χ1) is 10.7. The number of rotatable bonds is 4. The van der Waals surface area contributed by atoms with Crippen molar-refractivity contribution in [3.8, 4) is 0 Å². The first-order valence-electron chi connectivity index (χ1n) is 6.69. The smallest absolute Gasteiger partial charge is 0.279 e. The molecule has 0 saturated heterocycles. The van der Waals surface area contributed by atoms with Crippen molar-refractivity contribution in [3.63, 3.8) is 0 Å². The number of hydrogen-bond acceptors (Lipinski definition) is 5. The highest BCUT2D eigenvalue weighted by Crippen LogP contribution is 2.15. The van der Waals surface area contributed by atoms with Crippen LogP contribution < -0.4 is 10.9 Å². The molecule has 0 spiro atoms. The zero-order valence-corrected chi connectivity index (χ0v) is 12.4. The van der Waals surface area contributed by atoms with Gasteiger partial charge in [-0.3, -0.25) is 20.4 Å². The molecule has 1 aromatic carbocycles. The number of fused-ring (bicyclic) bond motifs is 1. The second-order valence-electron chi connectivity index (χ2n) is 4.55. The van der Waals surface area contributed by atoms with Gasteiger partial charge in [-0.1, -0.05) is 18.2 Å². The molecule has 0 saturated carbocycles. The summed E-state index contributed by atoms with van der Waals surface area (Å²) >= 11 is 1.31. The van der Waals surface area contributed by atoms with Gasteiger partial charge in [0.1, 0.15) is 5.52 Å². The number of nitrogens with one attached hydrogen (secondary N) is 2. The molecule has 0 aliphatic heterocycles. The minimum absolute atomic E-state index is 0.178. The molecule has 112 valence electrons. The molecule has 7 heteroatoms. The zero-order chi connectivity index (χ0) is 15.4. The zero-order valence-electron chi connectivity index (χ0n) is 11.5. The van der Waals surface area contributed by atoms with Crippen LogP contribution in [0.15, 0.2) is 46.2 Å². The van der Waals surface area contributed by atoms with Gasteiger partial charge in [0.15, 0.2) is 11.5 Å². The van der Waals surface area contributed by atoms with E-state index >= 15 is 0 Å². The molecule has 0 fully saturated rings. The fourth-order valence-electron chi connectivity index (χ4n) is 1.91. The largest absolute Gasteiger partial charge is 0.441 e. The van der Waals surface area contributed by atoms with E-state index in [4.69, 9.17) is 4.42 Å². The van der Waals surface area contributed by atoms with Gasteiger partial charge in [-0.25, -0.2) is 4.98 Å². The summed E-state index contributed by atoms with van der Waals surface area (Å²) in [5.41, 5.74) is 6.21. The van der Waals surface area contributed by atoms with Gasteiger partial charge in [0.05, 0.1) is 4.88 Å². The molecule has 6 nitrogen and oxygen atoms in total. The van der Waals surface area contributed by atoms with Crippen LogP contribution in [-0.4, -0.2) is 16.8 Å². The number of carbonyl (C=O) groups is 2. The second kappa shape index (κ2) is 6.40. The van der Waals surface area contributed by atoms with Crippen molar-refractivity contribution >= 4 is 34.3 Å². The summed E-state index contributed by atoms with van der Waals surface area (Å²) in [7, 11) is 0.